The number of benzene rings is 1. The van der Waals surface area contributed by atoms with Crippen molar-refractivity contribution in [2.24, 2.45) is 0 Å². The Morgan fingerprint density at radius 1 is 1.17 bits per heavy atom. The summed E-state index contributed by atoms with van der Waals surface area (Å²) in [6.45, 7) is 2.03. The van der Waals surface area contributed by atoms with E-state index in [0.29, 0.717) is 11.3 Å². The van der Waals surface area contributed by atoms with Crippen LogP contribution in [0.3, 0.4) is 0 Å². The average molecular weight is 309 g/mol. The molecule has 0 bridgehead atoms. The number of nitrogens with one attached hydrogen (secondary N) is 1. The molecule has 0 radical (unpaired) electrons. The highest BCUT2D eigenvalue weighted by atomic mass is 19.1. The van der Waals surface area contributed by atoms with E-state index in [2.05, 4.69) is 10.3 Å². The van der Waals surface area contributed by atoms with Gasteiger partial charge in [-0.3, -0.25) is 9.78 Å². The molecular weight excluding hydrogens is 293 g/mol. The highest BCUT2D eigenvalue weighted by Crippen LogP contribution is 2.15. The van der Waals surface area contributed by atoms with Gasteiger partial charge in [-0.2, -0.15) is 0 Å². The van der Waals surface area contributed by atoms with Crippen molar-refractivity contribution in [1.29, 1.82) is 0 Å². The fourth-order valence-corrected chi connectivity index (χ4v) is 2.41. The zero-order valence-corrected chi connectivity index (χ0v) is 12.7. The number of hydrogen-bond donors (Lipinski definition) is 1. The number of aromatic nitrogens is 2. The standard InChI is InChI=1S/C18H16FN3O/c1-13-16(8-4-10-20-13)22-11-5-9-17(22)18(23)21-12-14-6-2-3-7-15(14)19/h2-11H,12H2,1H3,(H,21,23). The summed E-state index contributed by atoms with van der Waals surface area (Å²) >= 11 is 0. The molecule has 0 unspecified atom stereocenters. The van der Waals surface area contributed by atoms with Gasteiger partial charge < -0.3 is 9.88 Å². The van der Waals surface area contributed by atoms with Crippen LogP contribution >= 0.6 is 0 Å². The summed E-state index contributed by atoms with van der Waals surface area (Å²) in [7, 11) is 0. The average Bonchev–Trinajstić information content (AvgIpc) is 3.04. The van der Waals surface area contributed by atoms with Crippen molar-refractivity contribution < 1.29 is 9.18 Å². The van der Waals surface area contributed by atoms with Crippen LogP contribution in [-0.2, 0) is 6.54 Å². The monoisotopic (exact) mass is 309 g/mol. The van der Waals surface area contributed by atoms with Crippen LogP contribution in [0.15, 0.2) is 60.9 Å². The van der Waals surface area contributed by atoms with Gasteiger partial charge in [-0.1, -0.05) is 18.2 Å². The lowest BCUT2D eigenvalue weighted by Crippen LogP contribution is -2.25. The molecule has 1 aromatic carbocycles. The molecule has 3 aromatic rings. The molecule has 23 heavy (non-hydrogen) atoms. The normalized spacial score (nSPS) is 10.5. The number of halogens is 1. The maximum Gasteiger partial charge on any atom is 0.268 e. The summed E-state index contributed by atoms with van der Waals surface area (Å²) < 4.78 is 15.4. The number of carbonyl (C=O) groups is 1. The van der Waals surface area contributed by atoms with E-state index >= 15 is 0 Å². The molecule has 0 saturated heterocycles. The molecule has 0 aliphatic carbocycles. The second-order valence-corrected chi connectivity index (χ2v) is 5.15. The van der Waals surface area contributed by atoms with Crippen molar-refractivity contribution in [2.75, 3.05) is 0 Å². The highest BCUT2D eigenvalue weighted by Gasteiger charge is 2.13. The van der Waals surface area contributed by atoms with Crippen LogP contribution in [0.2, 0.25) is 0 Å². The smallest absolute Gasteiger partial charge is 0.268 e. The van der Waals surface area contributed by atoms with E-state index in [1.807, 2.05) is 25.3 Å². The van der Waals surface area contributed by atoms with E-state index in [1.165, 1.54) is 6.07 Å². The summed E-state index contributed by atoms with van der Waals surface area (Å²) in [5.41, 5.74) is 2.61. The van der Waals surface area contributed by atoms with E-state index in [-0.39, 0.29) is 18.3 Å². The molecule has 0 aliphatic heterocycles. The SMILES string of the molecule is Cc1ncccc1-n1cccc1C(=O)NCc1ccccc1F. The first-order valence-electron chi connectivity index (χ1n) is 7.28. The molecule has 0 atom stereocenters. The molecule has 0 spiro atoms. The van der Waals surface area contributed by atoms with Crippen molar-refractivity contribution in [3.8, 4) is 5.69 Å². The van der Waals surface area contributed by atoms with Crippen molar-refractivity contribution >= 4 is 5.91 Å². The van der Waals surface area contributed by atoms with Gasteiger partial charge in [-0.25, -0.2) is 4.39 Å². The second-order valence-electron chi connectivity index (χ2n) is 5.15. The van der Waals surface area contributed by atoms with Crippen molar-refractivity contribution in [1.82, 2.24) is 14.9 Å². The Morgan fingerprint density at radius 3 is 2.78 bits per heavy atom. The largest absolute Gasteiger partial charge is 0.347 e. The number of amides is 1. The predicted molar refractivity (Wildman–Crippen MR) is 85.9 cm³/mol. The summed E-state index contributed by atoms with van der Waals surface area (Å²) in [5, 5.41) is 2.75. The Hall–Kier alpha value is -2.95. The minimum absolute atomic E-state index is 0.142. The first-order valence-corrected chi connectivity index (χ1v) is 7.28. The van der Waals surface area contributed by atoms with E-state index in [9.17, 15) is 9.18 Å². The number of hydrogen-bond acceptors (Lipinski definition) is 2. The molecule has 0 aliphatic rings. The zero-order valence-electron chi connectivity index (χ0n) is 12.7. The van der Waals surface area contributed by atoms with Gasteiger partial charge in [0.05, 0.1) is 11.4 Å². The Morgan fingerprint density at radius 2 is 2.00 bits per heavy atom. The maximum absolute atomic E-state index is 13.6. The molecule has 116 valence electrons. The Bertz CT molecular complexity index is 842. The maximum atomic E-state index is 13.6. The number of aryl methyl sites for hydroxylation is 1. The molecular formula is C18H16FN3O. The fourth-order valence-electron chi connectivity index (χ4n) is 2.41. The van der Waals surface area contributed by atoms with E-state index in [4.69, 9.17) is 0 Å². The van der Waals surface area contributed by atoms with Crippen molar-refractivity contribution in [3.63, 3.8) is 0 Å². The number of nitrogens with zero attached hydrogens (tertiary/aromatic N) is 2. The van der Waals surface area contributed by atoms with Gasteiger partial charge in [-0.05, 0) is 37.3 Å². The molecule has 2 heterocycles. The Kier molecular flexibility index (Phi) is 4.19. The van der Waals surface area contributed by atoms with E-state index in [0.717, 1.165) is 11.4 Å². The zero-order chi connectivity index (χ0) is 16.2. The van der Waals surface area contributed by atoms with Gasteiger partial charge in [0, 0.05) is 24.5 Å². The summed E-state index contributed by atoms with van der Waals surface area (Å²) in [4.78, 5) is 16.7. The Balaban J connectivity index is 1.81. The first kappa shape index (κ1) is 15.0. The Labute approximate surface area is 133 Å². The summed E-state index contributed by atoms with van der Waals surface area (Å²) in [6.07, 6.45) is 3.52. The third-order valence-corrected chi connectivity index (χ3v) is 3.62. The van der Waals surface area contributed by atoms with Crippen LogP contribution in [0.25, 0.3) is 5.69 Å². The summed E-state index contributed by atoms with van der Waals surface area (Å²) in [6, 6.07) is 13.6. The van der Waals surface area contributed by atoms with Gasteiger partial charge in [0.2, 0.25) is 0 Å². The predicted octanol–water partition coefficient (Wildman–Crippen LogP) is 3.25. The van der Waals surface area contributed by atoms with Crippen LogP contribution in [0.1, 0.15) is 21.7 Å². The van der Waals surface area contributed by atoms with Gasteiger partial charge >= 0.3 is 0 Å². The van der Waals surface area contributed by atoms with E-state index < -0.39 is 0 Å². The fraction of sp³-hybridized carbons (Fsp3) is 0.111. The lowest BCUT2D eigenvalue weighted by molar-refractivity contribution is 0.0944. The van der Waals surface area contributed by atoms with Crippen LogP contribution in [0.4, 0.5) is 4.39 Å². The first-order chi connectivity index (χ1) is 11.2. The quantitative estimate of drug-likeness (QED) is 0.804. The van der Waals surface area contributed by atoms with Crippen molar-refractivity contribution in [3.05, 3.63) is 83.7 Å². The van der Waals surface area contributed by atoms with Crippen LogP contribution in [-0.4, -0.2) is 15.5 Å². The molecule has 0 saturated carbocycles. The molecule has 5 heteroatoms. The second kappa shape index (κ2) is 6.44. The summed E-state index contributed by atoms with van der Waals surface area (Å²) in [5.74, 6) is -0.590. The third-order valence-electron chi connectivity index (χ3n) is 3.62. The minimum Gasteiger partial charge on any atom is -0.347 e. The van der Waals surface area contributed by atoms with Crippen molar-refractivity contribution in [2.45, 2.75) is 13.5 Å². The van der Waals surface area contributed by atoms with Crippen LogP contribution in [0, 0.1) is 12.7 Å². The molecule has 2 aromatic heterocycles. The minimum atomic E-state index is -0.328. The molecule has 3 rings (SSSR count). The number of pyridine rings is 1. The third kappa shape index (κ3) is 3.13. The van der Waals surface area contributed by atoms with Crippen LogP contribution < -0.4 is 5.32 Å². The molecule has 0 fully saturated rings. The van der Waals surface area contributed by atoms with E-state index in [1.54, 1.807) is 41.1 Å². The number of carbonyl (C=O) groups excluding carboxylic acids is 1. The van der Waals surface area contributed by atoms with Gasteiger partial charge in [0.25, 0.3) is 5.91 Å². The van der Waals surface area contributed by atoms with Gasteiger partial charge in [-0.15, -0.1) is 0 Å². The number of rotatable bonds is 4. The van der Waals surface area contributed by atoms with Gasteiger partial charge in [0.1, 0.15) is 11.5 Å². The molecule has 1 amide bonds. The van der Waals surface area contributed by atoms with Gasteiger partial charge in [0.15, 0.2) is 0 Å². The van der Waals surface area contributed by atoms with Crippen LogP contribution in [0.5, 0.6) is 0 Å². The molecule has 1 N–H and O–H groups in total. The lowest BCUT2D eigenvalue weighted by atomic mass is 10.2. The topological polar surface area (TPSA) is 46.9 Å². The molecule has 4 nitrogen and oxygen atoms in total. The lowest BCUT2D eigenvalue weighted by Gasteiger charge is -2.11. The highest BCUT2D eigenvalue weighted by molar-refractivity contribution is 5.93.